The van der Waals surface area contributed by atoms with Gasteiger partial charge in [0.25, 0.3) is 0 Å². The van der Waals surface area contributed by atoms with Crippen LogP contribution in [0.25, 0.3) is 0 Å². The number of ether oxygens (including phenoxy) is 2. The lowest BCUT2D eigenvalue weighted by atomic mass is 9.86. The topological polar surface area (TPSA) is 71.0 Å². The SMILES string of the molecule is CC1CN2CCC[C@@]2(COc2nc3c(c(N4CCCCCC4)n2)COC2(CCc4c(Cl)ccc(O)c42)C3)C1. The number of phenols is 1. The fourth-order valence-electron chi connectivity index (χ4n) is 8.09. The Morgan fingerprint density at radius 1 is 1.08 bits per heavy atom. The number of nitrogens with zero attached hydrogens (tertiary/aromatic N) is 4. The maximum absolute atomic E-state index is 10.9. The van der Waals surface area contributed by atoms with Crippen LogP contribution in [0.3, 0.4) is 0 Å². The molecule has 0 bridgehead atoms. The van der Waals surface area contributed by atoms with Crippen molar-refractivity contribution in [3.63, 3.8) is 0 Å². The summed E-state index contributed by atoms with van der Waals surface area (Å²) in [6.45, 7) is 7.78. The molecule has 2 aromatic rings. The Bertz CT molecular complexity index is 1230. The minimum Gasteiger partial charge on any atom is -0.508 e. The van der Waals surface area contributed by atoms with E-state index in [1.165, 1.54) is 58.0 Å². The fraction of sp³-hybridized carbons (Fsp3) is 0.667. The first kappa shape index (κ1) is 24.9. The zero-order chi connectivity index (χ0) is 25.9. The van der Waals surface area contributed by atoms with Crippen LogP contribution >= 0.6 is 11.6 Å². The van der Waals surface area contributed by atoms with E-state index < -0.39 is 5.60 Å². The summed E-state index contributed by atoms with van der Waals surface area (Å²) in [6.07, 6.45) is 10.7. The molecule has 3 atom stereocenters. The number of benzene rings is 1. The van der Waals surface area contributed by atoms with Gasteiger partial charge in [-0.25, -0.2) is 0 Å². The first-order chi connectivity index (χ1) is 18.5. The van der Waals surface area contributed by atoms with E-state index in [-0.39, 0.29) is 11.3 Å². The van der Waals surface area contributed by atoms with Crippen LogP contribution in [-0.2, 0) is 29.8 Å². The van der Waals surface area contributed by atoms with E-state index >= 15 is 0 Å². The number of phenolic OH excluding ortho intramolecular Hbond substituents is 1. The van der Waals surface area contributed by atoms with Crippen molar-refractivity contribution in [1.29, 1.82) is 0 Å². The van der Waals surface area contributed by atoms with Crippen LogP contribution in [0.2, 0.25) is 5.02 Å². The summed E-state index contributed by atoms with van der Waals surface area (Å²) in [7, 11) is 0. The summed E-state index contributed by atoms with van der Waals surface area (Å²) < 4.78 is 13.2. The van der Waals surface area contributed by atoms with E-state index in [9.17, 15) is 5.11 Å². The lowest BCUT2D eigenvalue weighted by molar-refractivity contribution is -0.0740. The lowest BCUT2D eigenvalue weighted by Crippen LogP contribution is -2.43. The van der Waals surface area contributed by atoms with E-state index in [2.05, 4.69) is 16.7 Å². The number of hydrogen-bond donors (Lipinski definition) is 1. The van der Waals surface area contributed by atoms with Crippen molar-refractivity contribution >= 4 is 17.4 Å². The molecular formula is C30H39ClN4O3. The number of rotatable bonds is 4. The van der Waals surface area contributed by atoms with Crippen LogP contribution in [-0.4, -0.2) is 58.3 Å². The predicted octanol–water partition coefficient (Wildman–Crippen LogP) is 5.38. The Kier molecular flexibility index (Phi) is 6.25. The first-order valence-electron chi connectivity index (χ1n) is 14.6. The van der Waals surface area contributed by atoms with E-state index in [0.29, 0.717) is 36.6 Å². The van der Waals surface area contributed by atoms with Crippen molar-refractivity contribution in [3.05, 3.63) is 39.5 Å². The van der Waals surface area contributed by atoms with Crippen molar-refractivity contribution in [2.45, 2.75) is 88.9 Å². The van der Waals surface area contributed by atoms with E-state index in [1.807, 2.05) is 0 Å². The number of aromatic nitrogens is 2. The Hall–Kier alpha value is -2.09. The minimum absolute atomic E-state index is 0.124. The highest BCUT2D eigenvalue weighted by Gasteiger charge is 2.49. The van der Waals surface area contributed by atoms with Gasteiger partial charge in [-0.2, -0.15) is 9.97 Å². The number of fused-ring (bicyclic) bond motifs is 4. The second kappa shape index (κ2) is 9.53. The fourth-order valence-corrected chi connectivity index (χ4v) is 8.34. The van der Waals surface area contributed by atoms with E-state index in [1.54, 1.807) is 12.1 Å². The first-order valence-corrected chi connectivity index (χ1v) is 15.0. The standard InChI is InChI=1S/C30H39ClN4O3/c1-20-15-29(10-6-14-35(29)17-20)19-37-28-32-24-16-30(11-9-21-23(31)7-8-25(36)26(21)30)38-18-22(24)27(33-28)34-12-4-2-3-5-13-34/h7-8,20,36H,2-6,9-19H2,1H3/t20?,29-,30?/m0/s1. The smallest absolute Gasteiger partial charge is 0.318 e. The molecule has 1 aromatic heterocycles. The van der Waals surface area contributed by atoms with Crippen LogP contribution in [0.4, 0.5) is 5.82 Å². The normalized spacial score (nSPS) is 30.8. The molecule has 3 fully saturated rings. The average molecular weight is 539 g/mol. The maximum Gasteiger partial charge on any atom is 0.318 e. The highest BCUT2D eigenvalue weighted by atomic mass is 35.5. The van der Waals surface area contributed by atoms with Gasteiger partial charge in [-0.05, 0) is 75.1 Å². The van der Waals surface area contributed by atoms with Gasteiger partial charge in [-0.3, -0.25) is 4.90 Å². The van der Waals surface area contributed by atoms with Gasteiger partial charge in [0.1, 0.15) is 23.8 Å². The summed E-state index contributed by atoms with van der Waals surface area (Å²) >= 11 is 6.55. The predicted molar refractivity (Wildman–Crippen MR) is 147 cm³/mol. The van der Waals surface area contributed by atoms with Crippen LogP contribution in [0.5, 0.6) is 11.8 Å². The number of halogens is 1. The van der Waals surface area contributed by atoms with Gasteiger partial charge in [-0.1, -0.05) is 31.4 Å². The molecule has 2 unspecified atom stereocenters. The van der Waals surface area contributed by atoms with Gasteiger partial charge in [0.2, 0.25) is 0 Å². The third-order valence-corrected chi connectivity index (χ3v) is 10.2. The van der Waals surface area contributed by atoms with E-state index in [0.717, 1.165) is 54.1 Å². The molecule has 3 saturated heterocycles. The number of aromatic hydroxyl groups is 1. The summed E-state index contributed by atoms with van der Waals surface area (Å²) in [5, 5.41) is 11.6. The number of hydrogen-bond acceptors (Lipinski definition) is 7. The van der Waals surface area contributed by atoms with Crippen molar-refractivity contribution in [2.24, 2.45) is 5.92 Å². The molecule has 5 heterocycles. The van der Waals surface area contributed by atoms with Gasteiger partial charge in [0, 0.05) is 42.2 Å². The third-order valence-electron chi connectivity index (χ3n) is 9.84. The molecule has 1 aliphatic carbocycles. The third kappa shape index (κ3) is 4.08. The van der Waals surface area contributed by atoms with Crippen molar-refractivity contribution < 1.29 is 14.6 Å². The minimum atomic E-state index is -0.610. The van der Waals surface area contributed by atoms with Crippen LogP contribution in [0, 0.1) is 5.92 Å². The molecule has 0 amide bonds. The van der Waals surface area contributed by atoms with Gasteiger partial charge in [0.15, 0.2) is 0 Å². The Labute approximate surface area is 230 Å². The second-order valence-corrected chi connectivity index (χ2v) is 12.8. The average Bonchev–Trinajstić information content (AvgIpc) is 3.46. The zero-order valence-corrected chi connectivity index (χ0v) is 23.2. The number of anilines is 1. The quantitative estimate of drug-likeness (QED) is 0.560. The summed E-state index contributed by atoms with van der Waals surface area (Å²) in [4.78, 5) is 15.2. The Balaban J connectivity index is 1.24. The van der Waals surface area contributed by atoms with Crippen molar-refractivity contribution in [2.75, 3.05) is 37.7 Å². The summed E-state index contributed by atoms with van der Waals surface area (Å²) in [6, 6.07) is 3.97. The molecule has 38 heavy (non-hydrogen) atoms. The second-order valence-electron chi connectivity index (χ2n) is 12.4. The van der Waals surface area contributed by atoms with E-state index in [4.69, 9.17) is 31.0 Å². The summed E-state index contributed by atoms with van der Waals surface area (Å²) in [5.74, 6) is 1.95. The zero-order valence-electron chi connectivity index (χ0n) is 22.5. The maximum atomic E-state index is 10.9. The molecule has 204 valence electrons. The lowest BCUT2D eigenvalue weighted by Gasteiger charge is -2.37. The van der Waals surface area contributed by atoms with Gasteiger partial charge >= 0.3 is 6.01 Å². The Morgan fingerprint density at radius 2 is 1.92 bits per heavy atom. The van der Waals surface area contributed by atoms with Gasteiger partial charge in [0.05, 0.1) is 17.8 Å². The molecule has 0 saturated carbocycles. The molecule has 4 aliphatic heterocycles. The molecule has 7 rings (SSSR count). The molecule has 1 N–H and O–H groups in total. The molecule has 8 heteroatoms. The highest BCUT2D eigenvalue weighted by Crippen LogP contribution is 2.52. The molecule has 0 radical (unpaired) electrons. The van der Waals surface area contributed by atoms with Crippen molar-refractivity contribution in [1.82, 2.24) is 14.9 Å². The Morgan fingerprint density at radius 3 is 2.76 bits per heavy atom. The molecule has 1 aromatic carbocycles. The van der Waals surface area contributed by atoms with Crippen molar-refractivity contribution in [3.8, 4) is 11.8 Å². The van der Waals surface area contributed by atoms with Gasteiger partial charge < -0.3 is 19.5 Å². The molecule has 5 aliphatic rings. The molecular weight excluding hydrogens is 500 g/mol. The van der Waals surface area contributed by atoms with Gasteiger partial charge in [-0.15, -0.1) is 0 Å². The van der Waals surface area contributed by atoms with Crippen LogP contribution in [0.1, 0.15) is 80.7 Å². The largest absolute Gasteiger partial charge is 0.508 e. The van der Waals surface area contributed by atoms with Crippen LogP contribution < -0.4 is 9.64 Å². The molecule has 1 spiro atoms. The highest BCUT2D eigenvalue weighted by molar-refractivity contribution is 6.31. The monoisotopic (exact) mass is 538 g/mol. The van der Waals surface area contributed by atoms with Crippen LogP contribution in [0.15, 0.2) is 12.1 Å². The molecule has 7 nitrogen and oxygen atoms in total. The summed E-state index contributed by atoms with van der Waals surface area (Å²) in [5.41, 5.74) is 3.43.